The Bertz CT molecular complexity index is 607. The van der Waals surface area contributed by atoms with Crippen molar-refractivity contribution >= 4 is 21.6 Å². The van der Waals surface area contributed by atoms with Crippen LogP contribution in [0, 0.1) is 17.1 Å². The van der Waals surface area contributed by atoms with Gasteiger partial charge in [-0.05, 0) is 42.0 Å². The highest BCUT2D eigenvalue weighted by molar-refractivity contribution is 9.10. The molecule has 0 saturated carbocycles. The van der Waals surface area contributed by atoms with Gasteiger partial charge in [-0.15, -0.1) is 0 Å². The van der Waals surface area contributed by atoms with Crippen LogP contribution in [0.2, 0.25) is 0 Å². The SMILES string of the molecule is N#C[C@@H](O)[C@@H](Nc1ccc(F)cc1)c1ccc(Br)cc1. The molecule has 102 valence electrons. The molecule has 2 atom stereocenters. The van der Waals surface area contributed by atoms with Gasteiger partial charge in [0.15, 0.2) is 6.10 Å². The standard InChI is InChI=1S/C15H12BrFN2O/c16-11-3-1-10(2-4-11)15(14(20)9-18)19-13-7-5-12(17)6-8-13/h1-8,14-15,19-20H/t14-,15+/m1/s1. The summed E-state index contributed by atoms with van der Waals surface area (Å²) in [6.45, 7) is 0. The highest BCUT2D eigenvalue weighted by Crippen LogP contribution is 2.24. The molecule has 0 unspecified atom stereocenters. The van der Waals surface area contributed by atoms with E-state index in [2.05, 4.69) is 21.2 Å². The molecule has 0 bridgehead atoms. The lowest BCUT2D eigenvalue weighted by molar-refractivity contribution is 0.207. The molecule has 0 aliphatic heterocycles. The molecule has 0 saturated heterocycles. The lowest BCUT2D eigenvalue weighted by atomic mass is 10.0. The molecule has 0 heterocycles. The summed E-state index contributed by atoms with van der Waals surface area (Å²) >= 11 is 3.33. The molecule has 0 aliphatic rings. The minimum Gasteiger partial charge on any atom is -0.376 e. The molecule has 0 amide bonds. The van der Waals surface area contributed by atoms with Crippen LogP contribution in [0.4, 0.5) is 10.1 Å². The summed E-state index contributed by atoms with van der Waals surface area (Å²) in [6, 6.07) is 14.3. The van der Waals surface area contributed by atoms with E-state index in [1.165, 1.54) is 12.1 Å². The van der Waals surface area contributed by atoms with Crippen LogP contribution in [0.25, 0.3) is 0 Å². The van der Waals surface area contributed by atoms with Crippen molar-refractivity contribution in [1.82, 2.24) is 0 Å². The van der Waals surface area contributed by atoms with E-state index in [1.807, 2.05) is 30.3 Å². The van der Waals surface area contributed by atoms with E-state index < -0.39 is 12.1 Å². The number of aliphatic hydroxyl groups is 1. The fourth-order valence-electron chi connectivity index (χ4n) is 1.81. The molecule has 2 rings (SSSR count). The average Bonchev–Trinajstić information content (AvgIpc) is 2.47. The number of aliphatic hydroxyl groups excluding tert-OH is 1. The van der Waals surface area contributed by atoms with Gasteiger partial charge in [0.2, 0.25) is 0 Å². The molecular weight excluding hydrogens is 323 g/mol. The summed E-state index contributed by atoms with van der Waals surface area (Å²) in [5.74, 6) is -0.337. The number of hydrogen-bond acceptors (Lipinski definition) is 3. The zero-order valence-corrected chi connectivity index (χ0v) is 12.0. The molecule has 0 spiro atoms. The second kappa shape index (κ2) is 6.51. The number of nitrogens with zero attached hydrogens (tertiary/aromatic N) is 1. The third kappa shape index (κ3) is 3.56. The number of hydrogen-bond donors (Lipinski definition) is 2. The lowest BCUT2D eigenvalue weighted by Gasteiger charge is -2.21. The number of nitrogens with one attached hydrogen (secondary N) is 1. The van der Waals surface area contributed by atoms with Crippen molar-refractivity contribution in [3.05, 3.63) is 64.4 Å². The summed E-state index contributed by atoms with van der Waals surface area (Å²) in [6.07, 6.45) is -1.21. The second-order valence-corrected chi connectivity index (χ2v) is 5.17. The molecule has 0 aromatic heterocycles. The summed E-state index contributed by atoms with van der Waals surface area (Å²) in [5, 5.41) is 21.8. The molecule has 0 radical (unpaired) electrons. The lowest BCUT2D eigenvalue weighted by Crippen LogP contribution is -2.24. The van der Waals surface area contributed by atoms with Gasteiger partial charge in [0.25, 0.3) is 0 Å². The average molecular weight is 335 g/mol. The van der Waals surface area contributed by atoms with Gasteiger partial charge in [-0.1, -0.05) is 28.1 Å². The molecular formula is C15H12BrFN2O. The first-order valence-electron chi connectivity index (χ1n) is 5.95. The van der Waals surface area contributed by atoms with Crippen LogP contribution >= 0.6 is 15.9 Å². The number of benzene rings is 2. The van der Waals surface area contributed by atoms with Crippen LogP contribution in [-0.2, 0) is 0 Å². The van der Waals surface area contributed by atoms with Gasteiger partial charge in [-0.25, -0.2) is 4.39 Å². The number of rotatable bonds is 4. The minimum atomic E-state index is -1.21. The maximum atomic E-state index is 12.9. The third-order valence-corrected chi connectivity index (χ3v) is 3.37. The molecule has 3 nitrogen and oxygen atoms in total. The Hall–Kier alpha value is -1.90. The van der Waals surface area contributed by atoms with Gasteiger partial charge in [0, 0.05) is 10.2 Å². The van der Waals surface area contributed by atoms with Crippen molar-refractivity contribution in [2.75, 3.05) is 5.32 Å². The quantitative estimate of drug-likeness (QED) is 0.839. The van der Waals surface area contributed by atoms with E-state index in [9.17, 15) is 9.50 Å². The maximum absolute atomic E-state index is 12.9. The summed E-state index contributed by atoms with van der Waals surface area (Å²) < 4.78 is 13.8. The summed E-state index contributed by atoms with van der Waals surface area (Å²) in [5.41, 5.74) is 1.40. The first kappa shape index (κ1) is 14.5. The van der Waals surface area contributed by atoms with E-state index >= 15 is 0 Å². The molecule has 5 heteroatoms. The van der Waals surface area contributed by atoms with Gasteiger partial charge < -0.3 is 10.4 Å². The minimum absolute atomic E-state index is 0.337. The van der Waals surface area contributed by atoms with E-state index in [0.29, 0.717) is 5.69 Å². The largest absolute Gasteiger partial charge is 0.376 e. The molecule has 0 aliphatic carbocycles. The molecule has 2 aromatic carbocycles. The van der Waals surface area contributed by atoms with E-state index in [-0.39, 0.29) is 5.82 Å². The van der Waals surface area contributed by atoms with Crippen LogP contribution in [0.3, 0.4) is 0 Å². The predicted molar refractivity (Wildman–Crippen MR) is 78.5 cm³/mol. The normalized spacial score (nSPS) is 13.3. The molecule has 2 aromatic rings. The topological polar surface area (TPSA) is 56.0 Å². The first-order valence-corrected chi connectivity index (χ1v) is 6.74. The smallest absolute Gasteiger partial charge is 0.164 e. The van der Waals surface area contributed by atoms with Gasteiger partial charge >= 0.3 is 0 Å². The zero-order valence-electron chi connectivity index (χ0n) is 10.4. The Balaban J connectivity index is 2.26. The molecule has 2 N–H and O–H groups in total. The van der Waals surface area contributed by atoms with Crippen molar-refractivity contribution in [2.24, 2.45) is 0 Å². The number of anilines is 1. The Labute approximate surface area is 124 Å². The highest BCUT2D eigenvalue weighted by Gasteiger charge is 2.20. The van der Waals surface area contributed by atoms with E-state index in [0.717, 1.165) is 10.0 Å². The number of halogens is 2. The number of nitriles is 1. The highest BCUT2D eigenvalue weighted by atomic mass is 79.9. The van der Waals surface area contributed by atoms with Crippen LogP contribution in [0.15, 0.2) is 53.0 Å². The van der Waals surface area contributed by atoms with E-state index in [1.54, 1.807) is 12.1 Å². The van der Waals surface area contributed by atoms with Crippen molar-refractivity contribution in [3.8, 4) is 6.07 Å². The first-order chi connectivity index (χ1) is 9.60. The van der Waals surface area contributed by atoms with Crippen LogP contribution in [0.1, 0.15) is 11.6 Å². The second-order valence-electron chi connectivity index (χ2n) is 4.25. The Morgan fingerprint density at radius 1 is 1.10 bits per heavy atom. The van der Waals surface area contributed by atoms with Crippen LogP contribution in [0.5, 0.6) is 0 Å². The van der Waals surface area contributed by atoms with Gasteiger partial charge in [0.05, 0.1) is 12.1 Å². The van der Waals surface area contributed by atoms with Gasteiger partial charge in [-0.2, -0.15) is 5.26 Å². The Morgan fingerprint density at radius 2 is 1.70 bits per heavy atom. The summed E-state index contributed by atoms with van der Waals surface area (Å²) in [7, 11) is 0. The summed E-state index contributed by atoms with van der Waals surface area (Å²) in [4.78, 5) is 0. The van der Waals surface area contributed by atoms with E-state index in [4.69, 9.17) is 5.26 Å². The van der Waals surface area contributed by atoms with Crippen molar-refractivity contribution < 1.29 is 9.50 Å². The molecule has 0 fully saturated rings. The van der Waals surface area contributed by atoms with Gasteiger partial charge in [-0.3, -0.25) is 0 Å². The maximum Gasteiger partial charge on any atom is 0.164 e. The van der Waals surface area contributed by atoms with Crippen molar-refractivity contribution in [3.63, 3.8) is 0 Å². The van der Waals surface area contributed by atoms with Gasteiger partial charge in [0.1, 0.15) is 5.82 Å². The third-order valence-electron chi connectivity index (χ3n) is 2.84. The van der Waals surface area contributed by atoms with Crippen LogP contribution < -0.4 is 5.32 Å². The fraction of sp³-hybridized carbons (Fsp3) is 0.133. The monoisotopic (exact) mass is 334 g/mol. The molecule has 20 heavy (non-hydrogen) atoms. The zero-order chi connectivity index (χ0) is 14.5. The van der Waals surface area contributed by atoms with Crippen molar-refractivity contribution in [2.45, 2.75) is 12.1 Å². The fourth-order valence-corrected chi connectivity index (χ4v) is 2.08. The Kier molecular flexibility index (Phi) is 4.72. The Morgan fingerprint density at radius 3 is 2.25 bits per heavy atom. The van der Waals surface area contributed by atoms with Crippen LogP contribution in [-0.4, -0.2) is 11.2 Å². The van der Waals surface area contributed by atoms with Crippen molar-refractivity contribution in [1.29, 1.82) is 5.26 Å². The predicted octanol–water partition coefficient (Wildman–Crippen LogP) is 3.63.